The topological polar surface area (TPSA) is 38.8 Å². The van der Waals surface area contributed by atoms with E-state index in [4.69, 9.17) is 9.47 Å². The van der Waals surface area contributed by atoms with Gasteiger partial charge in [-0.3, -0.25) is 4.79 Å². The SMILES string of the molecule is CCOc1ccccc1OCC(=O)N1CCCC1c1ccc(C)cc1. The first-order valence-electron chi connectivity index (χ1n) is 8.89. The van der Waals surface area contributed by atoms with Crippen LogP contribution in [-0.2, 0) is 4.79 Å². The van der Waals surface area contributed by atoms with Gasteiger partial charge in [0, 0.05) is 6.54 Å². The highest BCUT2D eigenvalue weighted by atomic mass is 16.5. The van der Waals surface area contributed by atoms with E-state index < -0.39 is 0 Å². The summed E-state index contributed by atoms with van der Waals surface area (Å²) in [5.74, 6) is 1.31. The summed E-state index contributed by atoms with van der Waals surface area (Å²) in [6, 6.07) is 16.1. The van der Waals surface area contributed by atoms with Gasteiger partial charge in [-0.1, -0.05) is 42.0 Å². The van der Waals surface area contributed by atoms with Gasteiger partial charge in [0.1, 0.15) is 0 Å². The minimum atomic E-state index is 0.0226. The van der Waals surface area contributed by atoms with E-state index in [9.17, 15) is 4.79 Å². The van der Waals surface area contributed by atoms with Crippen LogP contribution in [0.5, 0.6) is 11.5 Å². The number of carbonyl (C=O) groups excluding carboxylic acids is 1. The number of amides is 1. The average Bonchev–Trinajstić information content (AvgIpc) is 3.11. The van der Waals surface area contributed by atoms with Crippen molar-refractivity contribution in [3.63, 3.8) is 0 Å². The first-order valence-corrected chi connectivity index (χ1v) is 8.89. The Hall–Kier alpha value is -2.49. The maximum Gasteiger partial charge on any atom is 0.261 e. The Morgan fingerprint density at radius 3 is 2.44 bits per heavy atom. The molecule has 1 heterocycles. The Labute approximate surface area is 149 Å². The molecule has 0 aliphatic carbocycles. The molecule has 2 aromatic rings. The van der Waals surface area contributed by atoms with Crippen LogP contribution in [0.15, 0.2) is 48.5 Å². The lowest BCUT2D eigenvalue weighted by Gasteiger charge is -2.25. The summed E-state index contributed by atoms with van der Waals surface area (Å²) < 4.78 is 11.3. The second-order valence-electron chi connectivity index (χ2n) is 6.32. The van der Waals surface area contributed by atoms with Crippen LogP contribution < -0.4 is 9.47 Å². The van der Waals surface area contributed by atoms with Crippen LogP contribution in [0.2, 0.25) is 0 Å². The van der Waals surface area contributed by atoms with E-state index >= 15 is 0 Å². The molecule has 1 atom stereocenters. The van der Waals surface area contributed by atoms with E-state index in [1.165, 1.54) is 11.1 Å². The molecule has 132 valence electrons. The summed E-state index contributed by atoms with van der Waals surface area (Å²) >= 11 is 0. The van der Waals surface area contributed by atoms with Gasteiger partial charge in [0.25, 0.3) is 5.91 Å². The van der Waals surface area contributed by atoms with Gasteiger partial charge in [-0.25, -0.2) is 0 Å². The van der Waals surface area contributed by atoms with Crippen LogP contribution in [0.3, 0.4) is 0 Å². The highest BCUT2D eigenvalue weighted by Gasteiger charge is 2.30. The minimum Gasteiger partial charge on any atom is -0.490 e. The van der Waals surface area contributed by atoms with E-state index in [0.717, 1.165) is 19.4 Å². The zero-order valence-corrected chi connectivity index (χ0v) is 14.9. The van der Waals surface area contributed by atoms with Crippen molar-refractivity contribution in [3.05, 3.63) is 59.7 Å². The van der Waals surface area contributed by atoms with Crippen molar-refractivity contribution in [1.82, 2.24) is 4.90 Å². The van der Waals surface area contributed by atoms with Gasteiger partial charge < -0.3 is 14.4 Å². The number of ether oxygens (including phenoxy) is 2. The molecule has 0 radical (unpaired) electrons. The number of carbonyl (C=O) groups is 1. The van der Waals surface area contributed by atoms with Crippen LogP contribution in [-0.4, -0.2) is 30.6 Å². The number of hydrogen-bond acceptors (Lipinski definition) is 3. The maximum atomic E-state index is 12.7. The van der Waals surface area contributed by atoms with Crippen LogP contribution in [0, 0.1) is 6.92 Å². The smallest absolute Gasteiger partial charge is 0.261 e. The normalized spacial score (nSPS) is 16.7. The molecule has 25 heavy (non-hydrogen) atoms. The summed E-state index contributed by atoms with van der Waals surface area (Å²) in [6.45, 7) is 5.39. The van der Waals surface area contributed by atoms with Gasteiger partial charge in [0.2, 0.25) is 0 Å². The molecule has 1 saturated heterocycles. The molecule has 1 aliphatic heterocycles. The zero-order chi connectivity index (χ0) is 17.6. The van der Waals surface area contributed by atoms with Crippen molar-refractivity contribution in [2.24, 2.45) is 0 Å². The molecule has 2 aromatic carbocycles. The molecular weight excluding hydrogens is 314 g/mol. The molecule has 1 aliphatic rings. The third-order valence-corrected chi connectivity index (χ3v) is 4.54. The summed E-state index contributed by atoms with van der Waals surface area (Å²) in [6.07, 6.45) is 2.03. The Bertz CT molecular complexity index is 711. The first-order chi connectivity index (χ1) is 12.2. The summed E-state index contributed by atoms with van der Waals surface area (Å²) in [7, 11) is 0. The average molecular weight is 339 g/mol. The molecule has 4 nitrogen and oxygen atoms in total. The van der Waals surface area contributed by atoms with Gasteiger partial charge in [-0.2, -0.15) is 0 Å². The highest BCUT2D eigenvalue weighted by molar-refractivity contribution is 5.78. The Morgan fingerprint density at radius 1 is 1.08 bits per heavy atom. The van der Waals surface area contributed by atoms with E-state index in [0.29, 0.717) is 18.1 Å². The monoisotopic (exact) mass is 339 g/mol. The second kappa shape index (κ2) is 8.06. The lowest BCUT2D eigenvalue weighted by atomic mass is 10.0. The Balaban J connectivity index is 1.65. The lowest BCUT2D eigenvalue weighted by Crippen LogP contribution is -2.34. The number of nitrogens with zero attached hydrogens (tertiary/aromatic N) is 1. The number of hydrogen-bond donors (Lipinski definition) is 0. The van der Waals surface area contributed by atoms with E-state index in [-0.39, 0.29) is 18.6 Å². The van der Waals surface area contributed by atoms with Gasteiger partial charge in [0.15, 0.2) is 18.1 Å². The maximum absolute atomic E-state index is 12.7. The predicted octanol–water partition coefficient (Wildman–Crippen LogP) is 4.14. The Kier molecular flexibility index (Phi) is 5.59. The van der Waals surface area contributed by atoms with Gasteiger partial charge in [-0.15, -0.1) is 0 Å². The quantitative estimate of drug-likeness (QED) is 0.794. The number of aryl methyl sites for hydroxylation is 1. The number of benzene rings is 2. The summed E-state index contributed by atoms with van der Waals surface area (Å²) in [5, 5.41) is 0. The van der Waals surface area contributed by atoms with Crippen molar-refractivity contribution >= 4 is 5.91 Å². The van der Waals surface area contributed by atoms with Crippen molar-refractivity contribution in [1.29, 1.82) is 0 Å². The molecule has 1 amide bonds. The fraction of sp³-hybridized carbons (Fsp3) is 0.381. The molecular formula is C21H25NO3. The molecule has 1 unspecified atom stereocenters. The fourth-order valence-electron chi connectivity index (χ4n) is 3.27. The summed E-state index contributed by atoms with van der Waals surface area (Å²) in [4.78, 5) is 14.6. The Morgan fingerprint density at radius 2 is 1.76 bits per heavy atom. The number of likely N-dealkylation sites (tertiary alicyclic amines) is 1. The molecule has 0 bridgehead atoms. The second-order valence-corrected chi connectivity index (χ2v) is 6.32. The van der Waals surface area contributed by atoms with Gasteiger partial charge >= 0.3 is 0 Å². The minimum absolute atomic E-state index is 0.0226. The fourth-order valence-corrected chi connectivity index (χ4v) is 3.27. The van der Waals surface area contributed by atoms with Crippen LogP contribution in [0.1, 0.15) is 36.9 Å². The van der Waals surface area contributed by atoms with Crippen LogP contribution >= 0.6 is 0 Å². The molecule has 4 heteroatoms. The highest BCUT2D eigenvalue weighted by Crippen LogP contribution is 2.32. The standard InChI is InChI=1S/C21H25NO3/c1-3-24-19-8-4-5-9-20(19)25-15-21(23)22-14-6-7-18(22)17-12-10-16(2)11-13-17/h4-5,8-13,18H,3,6-7,14-15H2,1-2H3. The van der Waals surface area contributed by atoms with E-state index in [1.54, 1.807) is 0 Å². The predicted molar refractivity (Wildman–Crippen MR) is 98.0 cm³/mol. The molecule has 0 aromatic heterocycles. The number of para-hydroxylation sites is 2. The van der Waals surface area contributed by atoms with Crippen molar-refractivity contribution < 1.29 is 14.3 Å². The molecule has 0 N–H and O–H groups in total. The molecule has 3 rings (SSSR count). The number of rotatable bonds is 6. The van der Waals surface area contributed by atoms with Crippen molar-refractivity contribution in [3.8, 4) is 11.5 Å². The van der Waals surface area contributed by atoms with Gasteiger partial charge in [-0.05, 0) is 44.4 Å². The van der Waals surface area contributed by atoms with E-state index in [2.05, 4.69) is 31.2 Å². The third kappa shape index (κ3) is 4.13. The third-order valence-electron chi connectivity index (χ3n) is 4.54. The van der Waals surface area contributed by atoms with Crippen molar-refractivity contribution in [2.45, 2.75) is 32.7 Å². The van der Waals surface area contributed by atoms with Gasteiger partial charge in [0.05, 0.1) is 12.6 Å². The van der Waals surface area contributed by atoms with E-state index in [1.807, 2.05) is 36.1 Å². The largest absolute Gasteiger partial charge is 0.490 e. The lowest BCUT2D eigenvalue weighted by molar-refractivity contribution is -0.134. The first kappa shape index (κ1) is 17.3. The van der Waals surface area contributed by atoms with Crippen LogP contribution in [0.25, 0.3) is 0 Å². The zero-order valence-electron chi connectivity index (χ0n) is 14.9. The van der Waals surface area contributed by atoms with Crippen molar-refractivity contribution in [2.75, 3.05) is 19.8 Å². The van der Waals surface area contributed by atoms with Crippen LogP contribution in [0.4, 0.5) is 0 Å². The summed E-state index contributed by atoms with van der Waals surface area (Å²) in [5.41, 5.74) is 2.43. The molecule has 0 spiro atoms. The molecule has 0 saturated carbocycles. The molecule has 1 fully saturated rings.